The van der Waals surface area contributed by atoms with E-state index in [4.69, 9.17) is 5.11 Å². The van der Waals surface area contributed by atoms with Crippen LogP contribution in [-0.2, 0) is 20.4 Å². The van der Waals surface area contributed by atoms with Crippen molar-refractivity contribution in [2.45, 2.75) is 38.4 Å². The number of hydrogen-bond acceptors (Lipinski definition) is 3. The Morgan fingerprint density at radius 1 is 1.28 bits per heavy atom. The predicted octanol–water partition coefficient (Wildman–Crippen LogP) is 0.857. The molecular weight excluding hydrogens is 254 g/mol. The van der Waals surface area contributed by atoms with Gasteiger partial charge >= 0.3 is 5.97 Å². The highest BCUT2D eigenvalue weighted by molar-refractivity contribution is 7.87. The van der Waals surface area contributed by atoms with E-state index in [1.807, 2.05) is 20.8 Å². The summed E-state index contributed by atoms with van der Waals surface area (Å²) in [5.74, 6) is -1.24. The fourth-order valence-corrected chi connectivity index (χ4v) is 2.64. The molecule has 1 aliphatic rings. The minimum Gasteiger partial charge on any atom is -0.481 e. The van der Waals surface area contributed by atoms with Gasteiger partial charge < -0.3 is 10.0 Å². The molecule has 1 heterocycles. The van der Waals surface area contributed by atoms with E-state index in [0.29, 0.717) is 25.9 Å². The van der Waals surface area contributed by atoms with Crippen LogP contribution in [0.15, 0.2) is 0 Å². The summed E-state index contributed by atoms with van der Waals surface area (Å²) in [5, 5.41) is 8.86. The summed E-state index contributed by atoms with van der Waals surface area (Å²) in [5.41, 5.74) is 0. The Kier molecular flexibility index (Phi) is 4.90. The molecule has 1 saturated heterocycles. The van der Waals surface area contributed by atoms with Gasteiger partial charge in [0.2, 0.25) is 5.91 Å². The molecule has 1 rings (SSSR count). The lowest BCUT2D eigenvalue weighted by molar-refractivity contribution is -0.145. The van der Waals surface area contributed by atoms with E-state index < -0.39 is 21.5 Å². The molecule has 6 heteroatoms. The largest absolute Gasteiger partial charge is 0.481 e. The number of carbonyl (C=O) groups is 2. The molecule has 1 amide bonds. The molecule has 1 N–H and O–H groups in total. The van der Waals surface area contributed by atoms with Crippen LogP contribution in [0, 0.1) is 5.92 Å². The number of hydrogen-bond donors (Lipinski definition) is 1. The van der Waals surface area contributed by atoms with E-state index in [0.717, 1.165) is 0 Å². The highest BCUT2D eigenvalue weighted by Crippen LogP contribution is 2.18. The van der Waals surface area contributed by atoms with E-state index in [1.165, 1.54) is 0 Å². The zero-order valence-corrected chi connectivity index (χ0v) is 12.0. The Morgan fingerprint density at radius 3 is 2.17 bits per heavy atom. The van der Waals surface area contributed by atoms with Crippen LogP contribution < -0.4 is 0 Å². The molecule has 1 aliphatic heterocycles. The minimum atomic E-state index is -1.19. The average molecular weight is 275 g/mol. The van der Waals surface area contributed by atoms with Gasteiger partial charge in [-0.1, -0.05) is 0 Å². The number of rotatable bonds is 3. The molecule has 1 fully saturated rings. The van der Waals surface area contributed by atoms with Gasteiger partial charge in [0.05, 0.1) is 5.92 Å². The van der Waals surface area contributed by atoms with Crippen LogP contribution in [-0.4, -0.2) is 49.7 Å². The highest BCUT2D eigenvalue weighted by atomic mass is 32.2. The summed E-state index contributed by atoms with van der Waals surface area (Å²) in [4.78, 5) is 24.3. The number of nitrogens with zero attached hydrogens (tertiary/aromatic N) is 1. The third kappa shape index (κ3) is 4.08. The third-order valence-corrected chi connectivity index (χ3v) is 5.01. The van der Waals surface area contributed by atoms with Gasteiger partial charge in [-0.3, -0.25) is 13.8 Å². The van der Waals surface area contributed by atoms with E-state index in [9.17, 15) is 13.8 Å². The van der Waals surface area contributed by atoms with Crippen LogP contribution in [0.25, 0.3) is 0 Å². The van der Waals surface area contributed by atoms with Crippen molar-refractivity contribution in [2.75, 3.05) is 18.8 Å². The SMILES string of the molecule is CC(C)(C)S(=O)CC(=O)N1CCC(C(=O)O)CC1. The Hall–Kier alpha value is -0.910. The summed E-state index contributed by atoms with van der Waals surface area (Å²) in [6.45, 7) is 6.43. The van der Waals surface area contributed by atoms with Gasteiger partial charge in [-0.05, 0) is 33.6 Å². The fourth-order valence-electron chi connectivity index (χ4n) is 1.80. The zero-order valence-electron chi connectivity index (χ0n) is 11.1. The van der Waals surface area contributed by atoms with Crippen molar-refractivity contribution >= 4 is 22.7 Å². The normalized spacial score (nSPS) is 19.6. The summed E-state index contributed by atoms with van der Waals surface area (Å²) < 4.78 is 11.5. The van der Waals surface area contributed by atoms with E-state index in [-0.39, 0.29) is 17.6 Å². The maximum atomic E-state index is 11.9. The second kappa shape index (κ2) is 5.82. The maximum Gasteiger partial charge on any atom is 0.306 e. The predicted molar refractivity (Wildman–Crippen MR) is 69.7 cm³/mol. The number of carboxylic acid groups (broad SMARTS) is 1. The molecular formula is C12H21NO4S. The first-order valence-electron chi connectivity index (χ1n) is 6.11. The van der Waals surface area contributed by atoms with Crippen molar-refractivity contribution in [2.24, 2.45) is 5.92 Å². The number of carboxylic acids is 1. The molecule has 0 spiro atoms. The summed E-state index contributed by atoms with van der Waals surface area (Å²) in [6.07, 6.45) is 0.979. The molecule has 0 aromatic carbocycles. The molecule has 0 radical (unpaired) electrons. The smallest absolute Gasteiger partial charge is 0.306 e. The Balaban J connectivity index is 2.46. The Bertz CT molecular complexity index is 354. The summed E-state index contributed by atoms with van der Waals surface area (Å²) in [6, 6.07) is 0. The Labute approximate surface area is 110 Å². The van der Waals surface area contributed by atoms with E-state index in [2.05, 4.69) is 0 Å². The number of aliphatic carboxylic acids is 1. The molecule has 18 heavy (non-hydrogen) atoms. The highest BCUT2D eigenvalue weighted by Gasteiger charge is 2.29. The van der Waals surface area contributed by atoms with Gasteiger partial charge in [-0.15, -0.1) is 0 Å². The van der Waals surface area contributed by atoms with Gasteiger partial charge in [0.1, 0.15) is 5.75 Å². The third-order valence-electron chi connectivity index (χ3n) is 3.13. The number of piperidine rings is 1. The lowest BCUT2D eigenvalue weighted by atomic mass is 9.97. The number of carbonyl (C=O) groups excluding carboxylic acids is 1. The molecule has 1 unspecified atom stereocenters. The van der Waals surface area contributed by atoms with Crippen LogP contribution >= 0.6 is 0 Å². The van der Waals surface area contributed by atoms with Crippen molar-refractivity contribution in [1.29, 1.82) is 0 Å². The average Bonchev–Trinajstić information content (AvgIpc) is 2.27. The van der Waals surface area contributed by atoms with Crippen molar-refractivity contribution in [3.8, 4) is 0 Å². The van der Waals surface area contributed by atoms with Crippen LogP contribution in [0.1, 0.15) is 33.6 Å². The first kappa shape index (κ1) is 15.1. The molecule has 0 aliphatic carbocycles. The van der Waals surface area contributed by atoms with E-state index in [1.54, 1.807) is 4.90 Å². The van der Waals surface area contributed by atoms with Gasteiger partial charge in [0.25, 0.3) is 0 Å². The van der Waals surface area contributed by atoms with Gasteiger partial charge in [0, 0.05) is 28.6 Å². The van der Waals surface area contributed by atoms with Crippen molar-refractivity contribution in [3.05, 3.63) is 0 Å². The molecule has 0 aromatic heterocycles. The molecule has 0 bridgehead atoms. The minimum absolute atomic E-state index is 0.0290. The second-order valence-corrected chi connectivity index (χ2v) is 7.80. The number of amides is 1. The first-order valence-corrected chi connectivity index (χ1v) is 7.43. The molecule has 5 nitrogen and oxygen atoms in total. The van der Waals surface area contributed by atoms with Crippen molar-refractivity contribution in [1.82, 2.24) is 4.90 Å². The van der Waals surface area contributed by atoms with E-state index >= 15 is 0 Å². The zero-order chi connectivity index (χ0) is 13.9. The van der Waals surface area contributed by atoms with Crippen LogP contribution in [0.3, 0.4) is 0 Å². The van der Waals surface area contributed by atoms with Gasteiger partial charge in [-0.2, -0.15) is 0 Å². The van der Waals surface area contributed by atoms with Gasteiger partial charge in [-0.25, -0.2) is 0 Å². The fraction of sp³-hybridized carbons (Fsp3) is 0.833. The van der Waals surface area contributed by atoms with Crippen molar-refractivity contribution < 1.29 is 18.9 Å². The Morgan fingerprint density at radius 2 is 1.78 bits per heavy atom. The topological polar surface area (TPSA) is 74.7 Å². The lowest BCUT2D eigenvalue weighted by Crippen LogP contribution is -2.43. The first-order chi connectivity index (χ1) is 8.21. The van der Waals surface area contributed by atoms with Crippen LogP contribution in [0.2, 0.25) is 0 Å². The monoisotopic (exact) mass is 275 g/mol. The molecule has 0 aromatic rings. The van der Waals surface area contributed by atoms with Crippen LogP contribution in [0.4, 0.5) is 0 Å². The summed E-state index contributed by atoms with van der Waals surface area (Å²) >= 11 is 0. The van der Waals surface area contributed by atoms with Crippen LogP contribution in [0.5, 0.6) is 0 Å². The van der Waals surface area contributed by atoms with Crippen molar-refractivity contribution in [3.63, 3.8) is 0 Å². The quantitative estimate of drug-likeness (QED) is 0.829. The molecule has 104 valence electrons. The molecule has 1 atom stereocenters. The number of likely N-dealkylation sites (tertiary alicyclic amines) is 1. The second-order valence-electron chi connectivity index (χ2n) is 5.60. The molecule has 0 saturated carbocycles. The van der Waals surface area contributed by atoms with Gasteiger partial charge in [0.15, 0.2) is 0 Å². The maximum absolute atomic E-state index is 11.9. The summed E-state index contributed by atoms with van der Waals surface area (Å²) in [7, 11) is -1.19. The standard InChI is InChI=1S/C12H21NO4S/c1-12(2,3)18(17)8-10(14)13-6-4-9(5-7-13)11(15)16/h9H,4-8H2,1-3H3,(H,15,16). The lowest BCUT2D eigenvalue weighted by Gasteiger charge is -2.30.